The van der Waals surface area contributed by atoms with Crippen LogP contribution in [0.3, 0.4) is 0 Å². The molecule has 0 aliphatic heterocycles. The molecule has 8 heteroatoms. The highest BCUT2D eigenvalue weighted by Crippen LogP contribution is 2.46. The van der Waals surface area contributed by atoms with Crippen LogP contribution in [0.25, 0.3) is 11.0 Å². The van der Waals surface area contributed by atoms with Crippen LogP contribution < -0.4 is 11.0 Å². The van der Waals surface area contributed by atoms with Crippen LogP contribution in [0.4, 0.5) is 0 Å². The number of primary amides is 1. The molecule has 1 amide bonds. The summed E-state index contributed by atoms with van der Waals surface area (Å²) >= 11 is 0. The Morgan fingerprint density at radius 1 is 1.11 bits per heavy atom. The molecule has 0 unspecified atom stereocenters. The Morgan fingerprint density at radius 3 is 2.32 bits per heavy atom. The molecule has 1 heterocycles. The number of aromatic nitrogens is 2. The van der Waals surface area contributed by atoms with Gasteiger partial charge >= 0.3 is 7.60 Å². The molecule has 2 aromatic carbocycles. The lowest BCUT2D eigenvalue weighted by Gasteiger charge is -2.17. The molecule has 28 heavy (non-hydrogen) atoms. The SMILES string of the molecule is CCOP(=O)(OCC)c1ccc(Cn2c(C)nc3cc(C(N)=O)ccc32)cc1. The third kappa shape index (κ3) is 4.02. The van der Waals surface area contributed by atoms with E-state index in [-0.39, 0.29) is 0 Å². The molecule has 0 radical (unpaired) electrons. The Kier molecular flexibility index (Phi) is 5.98. The zero-order chi connectivity index (χ0) is 20.3. The molecule has 7 nitrogen and oxygen atoms in total. The van der Waals surface area contributed by atoms with Crippen LogP contribution in [-0.4, -0.2) is 28.7 Å². The van der Waals surface area contributed by atoms with Crippen LogP contribution in [0.15, 0.2) is 42.5 Å². The first-order chi connectivity index (χ1) is 13.4. The summed E-state index contributed by atoms with van der Waals surface area (Å²) in [5.74, 6) is 0.354. The van der Waals surface area contributed by atoms with Crippen molar-refractivity contribution in [2.75, 3.05) is 13.2 Å². The van der Waals surface area contributed by atoms with Crippen LogP contribution >= 0.6 is 7.60 Å². The smallest absolute Gasteiger partial charge is 0.361 e. The summed E-state index contributed by atoms with van der Waals surface area (Å²) in [6.07, 6.45) is 0. The van der Waals surface area contributed by atoms with E-state index in [1.807, 2.05) is 25.1 Å². The van der Waals surface area contributed by atoms with E-state index in [4.69, 9.17) is 14.8 Å². The Balaban J connectivity index is 1.89. The van der Waals surface area contributed by atoms with Crippen molar-refractivity contribution in [3.63, 3.8) is 0 Å². The second kappa shape index (κ2) is 8.27. The van der Waals surface area contributed by atoms with Crippen molar-refractivity contribution in [1.29, 1.82) is 0 Å². The number of imidazole rings is 1. The average Bonchev–Trinajstić information content (AvgIpc) is 2.97. The van der Waals surface area contributed by atoms with Crippen LogP contribution in [0.1, 0.15) is 35.6 Å². The van der Waals surface area contributed by atoms with Crippen molar-refractivity contribution in [1.82, 2.24) is 9.55 Å². The number of aryl methyl sites for hydroxylation is 1. The van der Waals surface area contributed by atoms with Gasteiger partial charge < -0.3 is 19.3 Å². The Labute approximate surface area is 164 Å². The van der Waals surface area contributed by atoms with Gasteiger partial charge in [-0.3, -0.25) is 9.36 Å². The molecule has 0 bridgehead atoms. The molecule has 0 saturated carbocycles. The van der Waals surface area contributed by atoms with E-state index in [9.17, 15) is 9.36 Å². The maximum atomic E-state index is 12.9. The summed E-state index contributed by atoms with van der Waals surface area (Å²) in [6.45, 7) is 6.70. The van der Waals surface area contributed by atoms with Crippen molar-refractivity contribution < 1.29 is 18.4 Å². The van der Waals surface area contributed by atoms with Gasteiger partial charge in [-0.05, 0) is 56.7 Å². The fraction of sp³-hybridized carbons (Fsp3) is 0.300. The molecular formula is C20H24N3O4P. The van der Waals surface area contributed by atoms with Crippen LogP contribution in [0.2, 0.25) is 0 Å². The Morgan fingerprint density at radius 2 is 1.75 bits per heavy atom. The molecule has 0 saturated heterocycles. The lowest BCUT2D eigenvalue weighted by Crippen LogP contribution is -2.11. The largest absolute Gasteiger partial charge is 0.366 e. The number of benzene rings is 2. The van der Waals surface area contributed by atoms with Crippen molar-refractivity contribution in [3.8, 4) is 0 Å². The van der Waals surface area contributed by atoms with Gasteiger partial charge in [0.25, 0.3) is 0 Å². The highest BCUT2D eigenvalue weighted by atomic mass is 31.2. The number of hydrogen-bond acceptors (Lipinski definition) is 5. The second-order valence-corrected chi connectivity index (χ2v) is 8.34. The Hall–Kier alpha value is -2.47. The van der Waals surface area contributed by atoms with E-state index < -0.39 is 13.5 Å². The van der Waals surface area contributed by atoms with Gasteiger partial charge in [-0.2, -0.15) is 0 Å². The first-order valence-corrected chi connectivity index (χ1v) is 10.7. The van der Waals surface area contributed by atoms with Gasteiger partial charge in [-0.15, -0.1) is 0 Å². The molecule has 148 valence electrons. The zero-order valence-electron chi connectivity index (χ0n) is 16.2. The first-order valence-electron chi connectivity index (χ1n) is 9.13. The summed E-state index contributed by atoms with van der Waals surface area (Å²) < 4.78 is 25.7. The van der Waals surface area contributed by atoms with E-state index in [0.717, 1.165) is 22.4 Å². The van der Waals surface area contributed by atoms with Crippen LogP contribution in [0.5, 0.6) is 0 Å². The van der Waals surface area contributed by atoms with Gasteiger partial charge in [0, 0.05) is 12.1 Å². The Bertz CT molecular complexity index is 1030. The fourth-order valence-electron chi connectivity index (χ4n) is 3.10. The first kappa shape index (κ1) is 20.3. The number of amides is 1. The lowest BCUT2D eigenvalue weighted by molar-refractivity contribution is 0.100. The molecule has 2 N–H and O–H groups in total. The van der Waals surface area contributed by atoms with Crippen molar-refractivity contribution in [2.45, 2.75) is 27.3 Å². The summed E-state index contributed by atoms with van der Waals surface area (Å²) in [4.78, 5) is 15.9. The van der Waals surface area contributed by atoms with Gasteiger partial charge in [-0.25, -0.2) is 4.98 Å². The summed E-state index contributed by atoms with van der Waals surface area (Å²) in [6, 6.07) is 12.6. The van der Waals surface area contributed by atoms with Crippen LogP contribution in [-0.2, 0) is 20.2 Å². The molecule has 3 rings (SSSR count). The van der Waals surface area contributed by atoms with E-state index in [2.05, 4.69) is 9.55 Å². The number of nitrogens with zero attached hydrogens (tertiary/aromatic N) is 2. The van der Waals surface area contributed by atoms with E-state index in [1.165, 1.54) is 0 Å². The van der Waals surface area contributed by atoms with E-state index >= 15 is 0 Å². The fourth-order valence-corrected chi connectivity index (χ4v) is 4.66. The zero-order valence-corrected chi connectivity index (χ0v) is 17.1. The van der Waals surface area contributed by atoms with E-state index in [0.29, 0.717) is 30.6 Å². The standard InChI is InChI=1S/C20H24N3O4P/c1-4-26-28(25,27-5-2)17-9-6-15(7-10-17)13-23-14(3)22-18-12-16(20(21)24)8-11-19(18)23/h6-12H,4-5,13H2,1-3H3,(H2,21,24). The topological polar surface area (TPSA) is 96.4 Å². The summed E-state index contributed by atoms with van der Waals surface area (Å²) in [7, 11) is -3.29. The third-order valence-electron chi connectivity index (χ3n) is 4.41. The minimum atomic E-state index is -3.29. The molecular weight excluding hydrogens is 377 g/mol. The molecule has 0 spiro atoms. The van der Waals surface area contributed by atoms with E-state index in [1.54, 1.807) is 38.1 Å². The van der Waals surface area contributed by atoms with Gasteiger partial charge in [0.1, 0.15) is 5.82 Å². The van der Waals surface area contributed by atoms with Crippen molar-refractivity contribution in [3.05, 3.63) is 59.4 Å². The summed E-state index contributed by atoms with van der Waals surface area (Å²) in [5, 5.41) is 0.540. The molecule has 0 aliphatic rings. The molecule has 0 fully saturated rings. The van der Waals surface area contributed by atoms with Gasteiger partial charge in [0.05, 0.1) is 29.6 Å². The van der Waals surface area contributed by atoms with Gasteiger partial charge in [0.15, 0.2) is 0 Å². The maximum Gasteiger partial charge on any atom is 0.361 e. The number of carbonyl (C=O) groups is 1. The second-order valence-electron chi connectivity index (χ2n) is 6.31. The third-order valence-corrected chi connectivity index (χ3v) is 6.54. The van der Waals surface area contributed by atoms with Crippen molar-refractivity contribution in [2.24, 2.45) is 5.73 Å². The average molecular weight is 401 g/mol. The molecule has 1 aromatic heterocycles. The van der Waals surface area contributed by atoms with Crippen molar-refractivity contribution >= 4 is 29.8 Å². The number of fused-ring (bicyclic) bond motifs is 1. The number of nitrogens with two attached hydrogens (primary N) is 1. The number of carbonyl (C=O) groups excluding carboxylic acids is 1. The van der Waals surface area contributed by atoms with Gasteiger partial charge in [0.2, 0.25) is 5.91 Å². The minimum absolute atomic E-state index is 0.312. The summed E-state index contributed by atoms with van der Waals surface area (Å²) in [5.41, 5.74) is 8.44. The monoisotopic (exact) mass is 401 g/mol. The minimum Gasteiger partial charge on any atom is -0.366 e. The normalized spacial score (nSPS) is 11.8. The molecule has 0 aliphatic carbocycles. The number of rotatable bonds is 8. The lowest BCUT2D eigenvalue weighted by atomic mass is 10.2. The maximum absolute atomic E-state index is 12.9. The van der Waals surface area contributed by atoms with Gasteiger partial charge in [-0.1, -0.05) is 12.1 Å². The highest BCUT2D eigenvalue weighted by molar-refractivity contribution is 7.62. The highest BCUT2D eigenvalue weighted by Gasteiger charge is 2.26. The quantitative estimate of drug-likeness (QED) is 0.584. The van der Waals surface area contributed by atoms with Crippen LogP contribution in [0, 0.1) is 6.92 Å². The molecule has 0 atom stereocenters. The predicted molar refractivity (Wildman–Crippen MR) is 109 cm³/mol. The molecule has 3 aromatic rings. The number of hydrogen-bond donors (Lipinski definition) is 1. The predicted octanol–water partition coefficient (Wildman–Crippen LogP) is 3.38.